The van der Waals surface area contributed by atoms with Crippen LogP contribution in [0.3, 0.4) is 0 Å². The van der Waals surface area contributed by atoms with Crippen molar-refractivity contribution in [1.82, 2.24) is 0 Å². The highest BCUT2D eigenvalue weighted by atomic mass is 19.2. The molecule has 0 saturated carbocycles. The molecule has 0 aromatic heterocycles. The molecule has 0 N–H and O–H groups in total. The maximum atomic E-state index is 14.1. The van der Waals surface area contributed by atoms with Crippen LogP contribution in [-0.2, 0) is 9.59 Å². The SMILES string of the molecule is C=CC(=O)Oc1ccc(-c2ccc(OC=O)c(F)c2)c(F)c1F. The molecule has 0 spiro atoms. The Morgan fingerprint density at radius 1 is 1.04 bits per heavy atom. The van der Waals surface area contributed by atoms with Gasteiger partial charge in [0.15, 0.2) is 23.1 Å². The topological polar surface area (TPSA) is 52.6 Å². The Morgan fingerprint density at radius 2 is 1.74 bits per heavy atom. The van der Waals surface area contributed by atoms with Crippen LogP contribution in [0.2, 0.25) is 0 Å². The molecule has 0 unspecified atom stereocenters. The van der Waals surface area contributed by atoms with Gasteiger partial charge in [-0.05, 0) is 29.8 Å². The second kappa shape index (κ2) is 6.78. The van der Waals surface area contributed by atoms with Gasteiger partial charge in [0.25, 0.3) is 6.47 Å². The van der Waals surface area contributed by atoms with Crippen LogP contribution in [0.15, 0.2) is 43.0 Å². The van der Waals surface area contributed by atoms with E-state index in [4.69, 9.17) is 0 Å². The highest BCUT2D eigenvalue weighted by Crippen LogP contribution is 2.32. The van der Waals surface area contributed by atoms with Crippen molar-refractivity contribution in [3.63, 3.8) is 0 Å². The van der Waals surface area contributed by atoms with E-state index in [2.05, 4.69) is 16.1 Å². The van der Waals surface area contributed by atoms with Crippen LogP contribution in [0, 0.1) is 17.5 Å². The van der Waals surface area contributed by atoms with E-state index in [0.717, 1.165) is 30.3 Å². The van der Waals surface area contributed by atoms with Crippen LogP contribution in [0.1, 0.15) is 0 Å². The Balaban J connectivity index is 2.43. The predicted octanol–water partition coefficient (Wildman–Crippen LogP) is 3.40. The zero-order valence-corrected chi connectivity index (χ0v) is 11.5. The largest absolute Gasteiger partial charge is 0.426 e. The molecule has 0 heterocycles. The summed E-state index contributed by atoms with van der Waals surface area (Å²) in [5, 5.41) is 0. The minimum absolute atomic E-state index is 0.0127. The van der Waals surface area contributed by atoms with Crippen LogP contribution >= 0.6 is 0 Å². The fraction of sp³-hybridized carbons (Fsp3) is 0. The maximum absolute atomic E-state index is 14.1. The van der Waals surface area contributed by atoms with Crippen molar-refractivity contribution in [2.24, 2.45) is 0 Å². The Morgan fingerprint density at radius 3 is 2.35 bits per heavy atom. The van der Waals surface area contributed by atoms with Gasteiger partial charge in [0, 0.05) is 11.6 Å². The number of rotatable bonds is 5. The molecule has 2 rings (SSSR count). The number of carbonyl (C=O) groups is 2. The third-order valence-electron chi connectivity index (χ3n) is 2.84. The number of hydrogen-bond donors (Lipinski definition) is 0. The van der Waals surface area contributed by atoms with Crippen molar-refractivity contribution in [1.29, 1.82) is 0 Å². The number of carbonyl (C=O) groups excluding carboxylic acids is 2. The Bertz CT molecular complexity index is 787. The summed E-state index contributed by atoms with van der Waals surface area (Å²) in [5.74, 6) is -5.54. The summed E-state index contributed by atoms with van der Waals surface area (Å²) in [7, 11) is 0. The van der Waals surface area contributed by atoms with Gasteiger partial charge in [0.1, 0.15) is 0 Å². The molecule has 4 nitrogen and oxygen atoms in total. The maximum Gasteiger partial charge on any atom is 0.335 e. The third-order valence-corrected chi connectivity index (χ3v) is 2.84. The number of hydrogen-bond acceptors (Lipinski definition) is 4. The fourth-order valence-electron chi connectivity index (χ4n) is 1.80. The summed E-state index contributed by atoms with van der Waals surface area (Å²) in [5.41, 5.74) is -0.240. The van der Waals surface area contributed by atoms with Gasteiger partial charge < -0.3 is 9.47 Å². The molecule has 23 heavy (non-hydrogen) atoms. The van der Waals surface area contributed by atoms with Crippen LogP contribution < -0.4 is 9.47 Å². The lowest BCUT2D eigenvalue weighted by Crippen LogP contribution is -2.06. The first kappa shape index (κ1) is 16.3. The number of halogens is 3. The van der Waals surface area contributed by atoms with Gasteiger partial charge in [-0.2, -0.15) is 4.39 Å². The Labute approximate surface area is 128 Å². The molecule has 2 aromatic carbocycles. The zero-order chi connectivity index (χ0) is 17.0. The van der Waals surface area contributed by atoms with Crippen LogP contribution in [0.25, 0.3) is 11.1 Å². The van der Waals surface area contributed by atoms with Crippen molar-refractivity contribution in [3.8, 4) is 22.6 Å². The lowest BCUT2D eigenvalue weighted by Gasteiger charge is -2.09. The lowest BCUT2D eigenvalue weighted by atomic mass is 10.0. The molecule has 0 aliphatic rings. The van der Waals surface area contributed by atoms with E-state index in [1.807, 2.05) is 0 Å². The molecular formula is C16H9F3O4. The van der Waals surface area contributed by atoms with Crippen LogP contribution in [0.5, 0.6) is 11.5 Å². The standard InChI is InChI=1S/C16H9F3O4/c1-2-14(21)23-13-6-4-10(15(18)16(13)19)9-3-5-12(22-8-20)11(17)7-9/h2-8H,1H2. The Kier molecular flexibility index (Phi) is 4.80. The first-order chi connectivity index (χ1) is 11.0. The first-order valence-electron chi connectivity index (χ1n) is 6.20. The smallest absolute Gasteiger partial charge is 0.335 e. The average Bonchev–Trinajstić information content (AvgIpc) is 2.54. The predicted molar refractivity (Wildman–Crippen MR) is 74.3 cm³/mol. The van der Waals surface area contributed by atoms with E-state index in [1.54, 1.807) is 0 Å². The summed E-state index contributed by atoms with van der Waals surface area (Å²) in [4.78, 5) is 21.2. The lowest BCUT2D eigenvalue weighted by molar-refractivity contribution is -0.129. The second-order valence-corrected chi connectivity index (χ2v) is 4.22. The van der Waals surface area contributed by atoms with Gasteiger partial charge in [-0.15, -0.1) is 0 Å². The number of ether oxygens (including phenoxy) is 2. The molecule has 118 valence electrons. The molecule has 0 amide bonds. The monoisotopic (exact) mass is 322 g/mol. The van der Waals surface area contributed by atoms with E-state index in [0.29, 0.717) is 0 Å². The van der Waals surface area contributed by atoms with Gasteiger partial charge in [-0.1, -0.05) is 12.6 Å². The van der Waals surface area contributed by atoms with E-state index >= 15 is 0 Å². The molecule has 2 aromatic rings. The summed E-state index contributed by atoms with van der Waals surface area (Å²) < 4.78 is 50.5. The minimum atomic E-state index is -1.40. The third kappa shape index (κ3) is 3.39. The summed E-state index contributed by atoms with van der Waals surface area (Å²) in [6.45, 7) is 3.18. The second-order valence-electron chi connectivity index (χ2n) is 4.22. The van der Waals surface area contributed by atoms with E-state index in [-0.39, 0.29) is 23.3 Å². The van der Waals surface area contributed by atoms with Crippen LogP contribution in [0.4, 0.5) is 13.2 Å². The van der Waals surface area contributed by atoms with Crippen molar-refractivity contribution in [2.45, 2.75) is 0 Å². The van der Waals surface area contributed by atoms with Gasteiger partial charge in [0.05, 0.1) is 0 Å². The molecule has 0 radical (unpaired) electrons. The first-order valence-corrected chi connectivity index (χ1v) is 6.20. The van der Waals surface area contributed by atoms with Crippen molar-refractivity contribution in [2.75, 3.05) is 0 Å². The summed E-state index contributed by atoms with van der Waals surface area (Å²) in [6.07, 6.45) is 0.798. The zero-order valence-electron chi connectivity index (χ0n) is 11.5. The van der Waals surface area contributed by atoms with Gasteiger partial charge in [-0.3, -0.25) is 4.79 Å². The number of benzene rings is 2. The van der Waals surface area contributed by atoms with Gasteiger partial charge in [0.2, 0.25) is 5.82 Å². The summed E-state index contributed by atoms with van der Waals surface area (Å²) >= 11 is 0. The van der Waals surface area contributed by atoms with Gasteiger partial charge >= 0.3 is 5.97 Å². The van der Waals surface area contributed by atoms with E-state index in [9.17, 15) is 22.8 Å². The molecular weight excluding hydrogens is 313 g/mol. The van der Waals surface area contributed by atoms with Gasteiger partial charge in [-0.25, -0.2) is 13.6 Å². The highest BCUT2D eigenvalue weighted by molar-refractivity contribution is 5.83. The van der Waals surface area contributed by atoms with Crippen molar-refractivity contribution in [3.05, 3.63) is 60.4 Å². The quantitative estimate of drug-likeness (QED) is 0.366. The highest BCUT2D eigenvalue weighted by Gasteiger charge is 2.18. The molecule has 7 heteroatoms. The molecule has 0 bridgehead atoms. The normalized spacial score (nSPS) is 10.0. The minimum Gasteiger partial charge on any atom is -0.426 e. The molecule has 0 aliphatic heterocycles. The van der Waals surface area contributed by atoms with Crippen molar-refractivity contribution >= 4 is 12.4 Å². The Hall–Kier alpha value is -3.09. The molecule has 0 fully saturated rings. The van der Waals surface area contributed by atoms with Crippen molar-refractivity contribution < 1.29 is 32.2 Å². The van der Waals surface area contributed by atoms with Crippen LogP contribution in [-0.4, -0.2) is 12.4 Å². The van der Waals surface area contributed by atoms with E-state index < -0.39 is 29.2 Å². The average molecular weight is 322 g/mol. The number of esters is 1. The molecule has 0 atom stereocenters. The summed E-state index contributed by atoms with van der Waals surface area (Å²) in [6, 6.07) is 5.38. The fourth-order valence-corrected chi connectivity index (χ4v) is 1.80. The van der Waals surface area contributed by atoms with E-state index in [1.165, 1.54) is 6.07 Å². The molecule has 0 saturated heterocycles. The molecule has 0 aliphatic carbocycles.